The van der Waals surface area contributed by atoms with E-state index >= 15 is 0 Å². The monoisotopic (exact) mass is 344 g/mol. The lowest BCUT2D eigenvalue weighted by atomic mass is 9.94. The summed E-state index contributed by atoms with van der Waals surface area (Å²) in [7, 11) is 0. The van der Waals surface area contributed by atoms with Crippen molar-refractivity contribution in [3.8, 4) is 0 Å². The van der Waals surface area contributed by atoms with Crippen LogP contribution in [0.4, 0.5) is 13.2 Å². The van der Waals surface area contributed by atoms with Crippen LogP contribution in [-0.4, -0.2) is 30.6 Å². The molecule has 2 rings (SSSR count). The first kappa shape index (κ1) is 21.0. The Morgan fingerprint density at radius 3 is 2.21 bits per heavy atom. The second kappa shape index (κ2) is 9.42. The van der Waals surface area contributed by atoms with Crippen LogP contribution in [0.15, 0.2) is 24.3 Å². The van der Waals surface area contributed by atoms with E-state index in [2.05, 4.69) is 31.0 Å². The Morgan fingerprint density at radius 1 is 1.17 bits per heavy atom. The molecule has 0 bridgehead atoms. The van der Waals surface area contributed by atoms with Crippen LogP contribution in [0.3, 0.4) is 0 Å². The van der Waals surface area contributed by atoms with Crippen LogP contribution in [0.1, 0.15) is 58.2 Å². The lowest BCUT2D eigenvalue weighted by molar-refractivity contribution is -0.137. The smallest absolute Gasteiger partial charge is 0.312 e. The molecule has 0 amide bonds. The van der Waals surface area contributed by atoms with Crippen LogP contribution in [0, 0.1) is 5.92 Å². The summed E-state index contributed by atoms with van der Waals surface area (Å²) < 4.78 is 38.2. The van der Waals surface area contributed by atoms with E-state index in [4.69, 9.17) is 0 Å². The Hall–Kier alpha value is -1.07. The Balaban J connectivity index is 0.00000139. The summed E-state index contributed by atoms with van der Waals surface area (Å²) in [5, 5.41) is 3.41. The largest absolute Gasteiger partial charge is 0.416 e. The number of nitrogens with zero attached hydrogens (tertiary/aromatic N) is 1. The molecule has 2 nitrogen and oxygen atoms in total. The van der Waals surface area contributed by atoms with Crippen molar-refractivity contribution in [1.82, 2.24) is 10.2 Å². The van der Waals surface area contributed by atoms with Gasteiger partial charge >= 0.3 is 6.18 Å². The summed E-state index contributed by atoms with van der Waals surface area (Å²) in [5.41, 5.74) is 0.407. The SMILES string of the molecule is CC.CC(C)CC(c1ccc(C(F)(F)F)cc1)N1CCNC(C)C1. The van der Waals surface area contributed by atoms with Crippen molar-refractivity contribution in [2.75, 3.05) is 19.6 Å². The van der Waals surface area contributed by atoms with Crippen LogP contribution in [0.2, 0.25) is 0 Å². The second-order valence-electron chi connectivity index (χ2n) is 6.62. The minimum atomic E-state index is -4.27. The lowest BCUT2D eigenvalue weighted by Crippen LogP contribution is -2.50. The number of alkyl halides is 3. The predicted molar refractivity (Wildman–Crippen MR) is 94.0 cm³/mol. The number of piperazine rings is 1. The number of rotatable bonds is 4. The highest BCUT2D eigenvalue weighted by Crippen LogP contribution is 2.33. The van der Waals surface area contributed by atoms with Gasteiger partial charge in [-0.3, -0.25) is 4.90 Å². The molecule has 2 unspecified atom stereocenters. The molecule has 1 saturated heterocycles. The van der Waals surface area contributed by atoms with E-state index in [1.165, 1.54) is 12.1 Å². The summed E-state index contributed by atoms with van der Waals surface area (Å²) >= 11 is 0. The predicted octanol–water partition coefficient (Wildman–Crippen LogP) is 5.11. The number of hydrogen-bond acceptors (Lipinski definition) is 2. The molecule has 0 radical (unpaired) electrons. The van der Waals surface area contributed by atoms with Gasteiger partial charge in [0.2, 0.25) is 0 Å². The molecule has 1 N–H and O–H groups in total. The maximum Gasteiger partial charge on any atom is 0.416 e. The number of hydrogen-bond donors (Lipinski definition) is 1. The summed E-state index contributed by atoms with van der Waals surface area (Å²) in [6.45, 7) is 13.2. The zero-order chi connectivity index (χ0) is 18.3. The summed E-state index contributed by atoms with van der Waals surface area (Å²) in [6, 6.07) is 6.29. The molecule has 5 heteroatoms. The van der Waals surface area contributed by atoms with Gasteiger partial charge in [-0.1, -0.05) is 39.8 Å². The van der Waals surface area contributed by atoms with Gasteiger partial charge in [-0.2, -0.15) is 13.2 Å². The second-order valence-corrected chi connectivity index (χ2v) is 6.62. The third kappa shape index (κ3) is 6.10. The molecule has 24 heavy (non-hydrogen) atoms. The topological polar surface area (TPSA) is 15.3 Å². The fourth-order valence-electron chi connectivity index (χ4n) is 3.08. The van der Waals surface area contributed by atoms with Crippen LogP contribution in [0.25, 0.3) is 0 Å². The maximum absolute atomic E-state index is 12.7. The van der Waals surface area contributed by atoms with Gasteiger partial charge < -0.3 is 5.32 Å². The zero-order valence-corrected chi connectivity index (χ0v) is 15.5. The van der Waals surface area contributed by atoms with E-state index in [-0.39, 0.29) is 6.04 Å². The van der Waals surface area contributed by atoms with Crippen molar-refractivity contribution in [2.45, 2.75) is 59.3 Å². The van der Waals surface area contributed by atoms with Crippen molar-refractivity contribution in [2.24, 2.45) is 5.92 Å². The molecule has 1 aliphatic rings. The zero-order valence-electron chi connectivity index (χ0n) is 15.5. The molecule has 2 atom stereocenters. The van der Waals surface area contributed by atoms with E-state index in [9.17, 15) is 13.2 Å². The highest BCUT2D eigenvalue weighted by Gasteiger charge is 2.31. The standard InChI is InChI=1S/C17H25F3N2.C2H6/c1-12(2)10-16(22-9-8-21-13(3)11-22)14-4-6-15(7-5-14)17(18,19)20;1-2/h4-7,12-13,16,21H,8-11H2,1-3H3;1-2H3. The summed E-state index contributed by atoms with van der Waals surface area (Å²) in [4.78, 5) is 2.39. The van der Waals surface area contributed by atoms with Crippen molar-refractivity contribution >= 4 is 0 Å². The van der Waals surface area contributed by atoms with Crippen molar-refractivity contribution in [1.29, 1.82) is 0 Å². The Kier molecular flexibility index (Phi) is 8.23. The molecule has 138 valence electrons. The number of halogens is 3. The van der Waals surface area contributed by atoms with Crippen LogP contribution < -0.4 is 5.32 Å². The first-order valence-electron chi connectivity index (χ1n) is 8.92. The van der Waals surface area contributed by atoms with Gasteiger partial charge in [-0.15, -0.1) is 0 Å². The van der Waals surface area contributed by atoms with Gasteiger partial charge in [0.25, 0.3) is 0 Å². The van der Waals surface area contributed by atoms with Gasteiger partial charge in [0, 0.05) is 31.7 Å². The molecule has 0 spiro atoms. The average molecular weight is 344 g/mol. The average Bonchev–Trinajstić information content (AvgIpc) is 2.54. The Morgan fingerprint density at radius 2 is 1.75 bits per heavy atom. The number of nitrogens with one attached hydrogen (secondary N) is 1. The van der Waals surface area contributed by atoms with Crippen molar-refractivity contribution in [3.63, 3.8) is 0 Å². The van der Waals surface area contributed by atoms with E-state index in [1.54, 1.807) is 12.1 Å². The van der Waals surface area contributed by atoms with E-state index in [0.717, 1.165) is 31.6 Å². The first-order valence-corrected chi connectivity index (χ1v) is 8.92. The highest BCUT2D eigenvalue weighted by molar-refractivity contribution is 5.27. The number of benzene rings is 1. The molecule has 1 heterocycles. The van der Waals surface area contributed by atoms with Gasteiger partial charge in [-0.25, -0.2) is 0 Å². The maximum atomic E-state index is 12.7. The quantitative estimate of drug-likeness (QED) is 0.816. The Bertz CT molecular complexity index is 468. The van der Waals surface area contributed by atoms with Gasteiger partial charge in [0.1, 0.15) is 0 Å². The molecule has 1 aromatic rings. The minimum Gasteiger partial charge on any atom is -0.312 e. The van der Waals surface area contributed by atoms with Crippen molar-refractivity contribution in [3.05, 3.63) is 35.4 Å². The molecule has 1 fully saturated rings. The molecular formula is C19H31F3N2. The molecular weight excluding hydrogens is 313 g/mol. The lowest BCUT2D eigenvalue weighted by Gasteiger charge is -2.39. The van der Waals surface area contributed by atoms with Crippen LogP contribution >= 0.6 is 0 Å². The fourth-order valence-corrected chi connectivity index (χ4v) is 3.08. The van der Waals surface area contributed by atoms with E-state index in [1.807, 2.05) is 13.8 Å². The molecule has 0 aliphatic carbocycles. The minimum absolute atomic E-state index is 0.187. The molecule has 1 aromatic carbocycles. The van der Waals surface area contributed by atoms with Crippen LogP contribution in [0.5, 0.6) is 0 Å². The summed E-state index contributed by atoms with van der Waals surface area (Å²) in [5.74, 6) is 0.498. The third-order valence-corrected chi connectivity index (χ3v) is 4.16. The molecule has 0 saturated carbocycles. The Labute approximate surface area is 144 Å². The van der Waals surface area contributed by atoms with Gasteiger partial charge in [0.05, 0.1) is 5.56 Å². The van der Waals surface area contributed by atoms with Crippen LogP contribution in [-0.2, 0) is 6.18 Å². The summed E-state index contributed by atoms with van der Waals surface area (Å²) in [6.07, 6.45) is -3.31. The third-order valence-electron chi connectivity index (χ3n) is 4.16. The van der Waals surface area contributed by atoms with Gasteiger partial charge in [-0.05, 0) is 37.0 Å². The fraction of sp³-hybridized carbons (Fsp3) is 0.684. The normalized spacial score (nSPS) is 20.5. The molecule has 1 aliphatic heterocycles. The highest BCUT2D eigenvalue weighted by atomic mass is 19.4. The van der Waals surface area contributed by atoms with E-state index < -0.39 is 11.7 Å². The van der Waals surface area contributed by atoms with E-state index in [0.29, 0.717) is 12.0 Å². The molecule has 0 aromatic heterocycles. The first-order chi connectivity index (χ1) is 11.3. The van der Waals surface area contributed by atoms with Crippen molar-refractivity contribution < 1.29 is 13.2 Å². The van der Waals surface area contributed by atoms with Gasteiger partial charge in [0.15, 0.2) is 0 Å².